The number of rotatable bonds is 3. The van der Waals surface area contributed by atoms with Crippen molar-refractivity contribution in [2.45, 2.75) is 12.8 Å². The van der Waals surface area contributed by atoms with Crippen LogP contribution in [0.25, 0.3) is 10.3 Å². The fourth-order valence-corrected chi connectivity index (χ4v) is 3.18. The number of thiazole rings is 1. The van der Waals surface area contributed by atoms with Gasteiger partial charge >= 0.3 is 0 Å². The number of hydrogen-bond donors (Lipinski definition) is 1. The number of carbonyl (C=O) groups is 1. The van der Waals surface area contributed by atoms with Gasteiger partial charge in [-0.05, 0) is 12.3 Å². The minimum absolute atomic E-state index is 0.256. The number of hydrogen-bond acceptors (Lipinski definition) is 6. The number of aromatic nitrogens is 3. The van der Waals surface area contributed by atoms with E-state index in [9.17, 15) is 4.79 Å². The van der Waals surface area contributed by atoms with Crippen molar-refractivity contribution in [1.82, 2.24) is 15.0 Å². The molecule has 0 unspecified atom stereocenters. The zero-order chi connectivity index (χ0) is 12.5. The minimum atomic E-state index is -0.540. The second kappa shape index (κ2) is 4.58. The maximum atomic E-state index is 11.3. The lowest BCUT2D eigenvalue weighted by atomic mass is 10.1. The van der Waals surface area contributed by atoms with Gasteiger partial charge in [0.2, 0.25) is 0 Å². The van der Waals surface area contributed by atoms with E-state index in [4.69, 9.17) is 10.5 Å². The molecule has 2 aromatic rings. The summed E-state index contributed by atoms with van der Waals surface area (Å²) in [5.41, 5.74) is 6.09. The van der Waals surface area contributed by atoms with E-state index in [2.05, 4.69) is 15.0 Å². The van der Waals surface area contributed by atoms with Crippen LogP contribution in [0.3, 0.4) is 0 Å². The molecule has 7 heteroatoms. The van der Waals surface area contributed by atoms with Crippen molar-refractivity contribution in [1.29, 1.82) is 0 Å². The van der Waals surface area contributed by atoms with E-state index in [1.54, 1.807) is 0 Å². The fraction of sp³-hybridized carbons (Fsp3) is 0.455. The summed E-state index contributed by atoms with van der Waals surface area (Å²) in [6.45, 7) is 1.60. The van der Waals surface area contributed by atoms with E-state index in [1.807, 2.05) is 0 Å². The Kier molecular flexibility index (Phi) is 2.92. The molecule has 1 atom stereocenters. The van der Waals surface area contributed by atoms with Gasteiger partial charge in [0.05, 0.1) is 5.01 Å². The lowest BCUT2D eigenvalue weighted by Gasteiger charge is -2.02. The number of nitrogens with zero attached hydrogens (tertiary/aromatic N) is 3. The van der Waals surface area contributed by atoms with Crippen LogP contribution in [0, 0.1) is 5.92 Å². The van der Waals surface area contributed by atoms with E-state index in [0.29, 0.717) is 16.3 Å². The Morgan fingerprint density at radius 1 is 1.56 bits per heavy atom. The van der Waals surface area contributed by atoms with Gasteiger partial charge in [-0.25, -0.2) is 15.0 Å². The van der Waals surface area contributed by atoms with Gasteiger partial charge in [0.15, 0.2) is 11.3 Å². The van der Waals surface area contributed by atoms with E-state index in [-0.39, 0.29) is 5.69 Å². The molecule has 1 amide bonds. The Hall–Kier alpha value is -1.60. The first kappa shape index (κ1) is 11.5. The Labute approximate surface area is 107 Å². The molecule has 94 valence electrons. The zero-order valence-corrected chi connectivity index (χ0v) is 10.4. The summed E-state index contributed by atoms with van der Waals surface area (Å²) >= 11 is 1.45. The average Bonchev–Trinajstić information content (AvgIpc) is 2.96. The van der Waals surface area contributed by atoms with Crippen molar-refractivity contribution in [3.63, 3.8) is 0 Å². The van der Waals surface area contributed by atoms with Gasteiger partial charge in [0, 0.05) is 19.6 Å². The summed E-state index contributed by atoms with van der Waals surface area (Å²) in [6, 6.07) is 0. The lowest BCUT2D eigenvalue weighted by molar-refractivity contribution is 0.0997. The standard InChI is InChI=1S/C11H12N4O2S/c12-10(16)8-9-11(14-5-13-8)15-7(18-9)3-6-1-2-17-4-6/h5-6H,1-4H2,(H2,12,16)/t6-/m1/s1. The molecule has 0 saturated carbocycles. The van der Waals surface area contributed by atoms with Crippen LogP contribution in [0.15, 0.2) is 6.33 Å². The predicted molar refractivity (Wildman–Crippen MR) is 66.4 cm³/mol. The minimum Gasteiger partial charge on any atom is -0.381 e. The highest BCUT2D eigenvalue weighted by molar-refractivity contribution is 7.18. The van der Waals surface area contributed by atoms with Crippen LogP contribution in [-0.2, 0) is 11.2 Å². The molecule has 3 rings (SSSR count). The Balaban J connectivity index is 1.94. The quantitative estimate of drug-likeness (QED) is 0.884. The Bertz CT molecular complexity index is 592. The predicted octanol–water partition coefficient (Wildman–Crippen LogP) is 0.764. The number of primary amides is 1. The lowest BCUT2D eigenvalue weighted by Crippen LogP contribution is -2.13. The van der Waals surface area contributed by atoms with Crippen LogP contribution < -0.4 is 5.73 Å². The molecular weight excluding hydrogens is 252 g/mol. The average molecular weight is 264 g/mol. The summed E-state index contributed by atoms with van der Waals surface area (Å²) in [6.07, 6.45) is 3.24. The first-order valence-corrected chi connectivity index (χ1v) is 6.53. The first-order valence-electron chi connectivity index (χ1n) is 5.72. The maximum absolute atomic E-state index is 11.3. The molecule has 18 heavy (non-hydrogen) atoms. The van der Waals surface area contributed by atoms with Crippen molar-refractivity contribution in [3.8, 4) is 0 Å². The summed E-state index contributed by atoms with van der Waals surface area (Å²) in [5.74, 6) is -0.0302. The van der Waals surface area contributed by atoms with Gasteiger partial charge in [-0.1, -0.05) is 0 Å². The molecule has 0 bridgehead atoms. The van der Waals surface area contributed by atoms with Crippen LogP contribution in [0.4, 0.5) is 0 Å². The SMILES string of the molecule is NC(=O)c1ncnc2nc(C[C@H]3CCOC3)sc12. The monoisotopic (exact) mass is 264 g/mol. The first-order chi connectivity index (χ1) is 8.74. The molecule has 1 aliphatic heterocycles. The maximum Gasteiger partial charge on any atom is 0.268 e. The van der Waals surface area contributed by atoms with Gasteiger partial charge in [0.1, 0.15) is 11.0 Å². The molecular formula is C11H12N4O2S. The van der Waals surface area contributed by atoms with E-state index in [1.165, 1.54) is 17.7 Å². The number of nitrogens with two attached hydrogens (primary N) is 1. The number of carbonyl (C=O) groups excluding carboxylic acids is 1. The van der Waals surface area contributed by atoms with Gasteiger partial charge < -0.3 is 10.5 Å². The molecule has 3 heterocycles. The van der Waals surface area contributed by atoms with Crippen molar-refractivity contribution in [2.75, 3.05) is 13.2 Å². The van der Waals surface area contributed by atoms with Crippen molar-refractivity contribution < 1.29 is 9.53 Å². The van der Waals surface area contributed by atoms with Crippen molar-refractivity contribution in [2.24, 2.45) is 11.7 Å². The number of amides is 1. The molecule has 2 aromatic heterocycles. The highest BCUT2D eigenvalue weighted by Gasteiger charge is 2.20. The molecule has 0 radical (unpaired) electrons. The summed E-state index contributed by atoms with van der Waals surface area (Å²) in [4.78, 5) is 23.7. The molecule has 0 aromatic carbocycles. The largest absolute Gasteiger partial charge is 0.381 e. The van der Waals surface area contributed by atoms with Crippen molar-refractivity contribution in [3.05, 3.63) is 17.0 Å². The smallest absolute Gasteiger partial charge is 0.268 e. The Morgan fingerprint density at radius 3 is 3.17 bits per heavy atom. The van der Waals surface area contributed by atoms with Crippen LogP contribution in [0.1, 0.15) is 21.9 Å². The highest BCUT2D eigenvalue weighted by Crippen LogP contribution is 2.26. The topological polar surface area (TPSA) is 91.0 Å². The third-order valence-corrected chi connectivity index (χ3v) is 4.03. The second-order valence-corrected chi connectivity index (χ2v) is 5.36. The van der Waals surface area contributed by atoms with Crippen LogP contribution in [0.2, 0.25) is 0 Å². The van der Waals surface area contributed by atoms with E-state index < -0.39 is 5.91 Å². The normalized spacial score (nSPS) is 19.4. The third-order valence-electron chi connectivity index (χ3n) is 2.96. The molecule has 1 saturated heterocycles. The molecule has 1 fully saturated rings. The molecule has 1 aliphatic rings. The summed E-state index contributed by atoms with van der Waals surface area (Å²) in [5, 5.41) is 0.962. The van der Waals surface area contributed by atoms with Gasteiger partial charge in [0.25, 0.3) is 5.91 Å². The zero-order valence-electron chi connectivity index (χ0n) is 9.63. The van der Waals surface area contributed by atoms with E-state index >= 15 is 0 Å². The second-order valence-electron chi connectivity index (χ2n) is 4.28. The Morgan fingerprint density at radius 2 is 2.44 bits per heavy atom. The van der Waals surface area contributed by atoms with Crippen LogP contribution >= 0.6 is 11.3 Å². The number of fused-ring (bicyclic) bond motifs is 1. The van der Waals surface area contributed by atoms with Gasteiger partial charge in [-0.15, -0.1) is 11.3 Å². The third kappa shape index (κ3) is 2.06. The van der Waals surface area contributed by atoms with Crippen LogP contribution in [-0.4, -0.2) is 34.1 Å². The molecule has 6 nitrogen and oxygen atoms in total. The van der Waals surface area contributed by atoms with E-state index in [0.717, 1.165) is 31.1 Å². The molecule has 0 spiro atoms. The molecule has 2 N–H and O–H groups in total. The summed E-state index contributed by atoms with van der Waals surface area (Å²) in [7, 11) is 0. The fourth-order valence-electron chi connectivity index (χ4n) is 2.05. The van der Waals surface area contributed by atoms with Gasteiger partial charge in [-0.3, -0.25) is 4.79 Å². The van der Waals surface area contributed by atoms with Gasteiger partial charge in [-0.2, -0.15) is 0 Å². The number of ether oxygens (including phenoxy) is 1. The summed E-state index contributed by atoms with van der Waals surface area (Å²) < 4.78 is 6.02. The molecule has 0 aliphatic carbocycles. The van der Waals surface area contributed by atoms with Crippen LogP contribution in [0.5, 0.6) is 0 Å². The van der Waals surface area contributed by atoms with Crippen molar-refractivity contribution >= 4 is 27.6 Å². The highest BCUT2D eigenvalue weighted by atomic mass is 32.1.